The Labute approximate surface area is 127 Å². The van der Waals surface area contributed by atoms with E-state index in [2.05, 4.69) is 17.3 Å². The van der Waals surface area contributed by atoms with Gasteiger partial charge < -0.3 is 20.7 Å². The Kier molecular flexibility index (Phi) is 4.52. The van der Waals surface area contributed by atoms with Crippen LogP contribution >= 0.6 is 0 Å². The summed E-state index contributed by atoms with van der Waals surface area (Å²) in [6.07, 6.45) is 7.59. The van der Waals surface area contributed by atoms with Crippen molar-refractivity contribution in [1.29, 1.82) is 0 Å². The number of hydrogen-bond acceptors (Lipinski definition) is 4. The Morgan fingerprint density at radius 1 is 1.29 bits per heavy atom. The van der Waals surface area contributed by atoms with E-state index in [4.69, 9.17) is 10.5 Å². The van der Waals surface area contributed by atoms with Crippen molar-refractivity contribution < 1.29 is 9.53 Å². The van der Waals surface area contributed by atoms with Crippen LogP contribution in [0.5, 0.6) is 0 Å². The Hall–Kier alpha value is -0.650. The predicted molar refractivity (Wildman–Crippen MR) is 81.9 cm³/mol. The molecule has 5 nitrogen and oxygen atoms in total. The van der Waals surface area contributed by atoms with E-state index < -0.39 is 5.41 Å². The summed E-state index contributed by atoms with van der Waals surface area (Å²) >= 11 is 0. The van der Waals surface area contributed by atoms with E-state index in [0.29, 0.717) is 37.9 Å². The van der Waals surface area contributed by atoms with Crippen molar-refractivity contribution in [3.05, 3.63) is 0 Å². The summed E-state index contributed by atoms with van der Waals surface area (Å²) in [7, 11) is 2.24. The topological polar surface area (TPSA) is 67.6 Å². The molecule has 3 N–H and O–H groups in total. The minimum atomic E-state index is -0.392. The van der Waals surface area contributed by atoms with Crippen LogP contribution in [0.2, 0.25) is 0 Å². The van der Waals surface area contributed by atoms with Gasteiger partial charge in [-0.25, -0.2) is 0 Å². The number of piperidine rings is 2. The van der Waals surface area contributed by atoms with Gasteiger partial charge in [-0.1, -0.05) is 6.42 Å². The van der Waals surface area contributed by atoms with E-state index in [1.54, 1.807) is 0 Å². The lowest BCUT2D eigenvalue weighted by atomic mass is 9.78. The van der Waals surface area contributed by atoms with E-state index in [-0.39, 0.29) is 5.91 Å². The van der Waals surface area contributed by atoms with Gasteiger partial charge >= 0.3 is 0 Å². The van der Waals surface area contributed by atoms with E-state index in [1.165, 1.54) is 19.3 Å². The molecule has 0 aromatic rings. The Morgan fingerprint density at radius 3 is 2.48 bits per heavy atom. The maximum atomic E-state index is 12.8. The van der Waals surface area contributed by atoms with Crippen molar-refractivity contribution >= 4 is 5.91 Å². The van der Waals surface area contributed by atoms with E-state index in [9.17, 15) is 4.79 Å². The highest BCUT2D eigenvalue weighted by atomic mass is 16.5. The molecule has 1 amide bonds. The van der Waals surface area contributed by atoms with Gasteiger partial charge in [-0.2, -0.15) is 0 Å². The standard InChI is InChI=1S/C16H29N3O2/c1-19-13-3-2-4-14(19)10-12(9-13)18-15(20)16(11-17)5-7-21-8-6-16/h12-14H,2-11,17H2,1H3,(H,18,20). The fourth-order valence-electron chi connectivity index (χ4n) is 4.36. The summed E-state index contributed by atoms with van der Waals surface area (Å²) in [6, 6.07) is 1.62. The lowest BCUT2D eigenvalue weighted by Crippen LogP contribution is -2.58. The second-order valence-corrected chi connectivity index (χ2v) is 7.14. The van der Waals surface area contributed by atoms with Gasteiger partial charge in [0, 0.05) is 37.9 Å². The summed E-state index contributed by atoms with van der Waals surface area (Å²) < 4.78 is 5.40. The van der Waals surface area contributed by atoms with Crippen molar-refractivity contribution in [3.63, 3.8) is 0 Å². The number of nitrogens with two attached hydrogens (primary N) is 1. The molecule has 3 saturated heterocycles. The molecule has 2 atom stereocenters. The van der Waals surface area contributed by atoms with Gasteiger partial charge in [0.1, 0.15) is 0 Å². The zero-order valence-electron chi connectivity index (χ0n) is 13.1. The maximum absolute atomic E-state index is 12.8. The third kappa shape index (κ3) is 2.96. The fourth-order valence-corrected chi connectivity index (χ4v) is 4.36. The van der Waals surface area contributed by atoms with Crippen molar-refractivity contribution in [3.8, 4) is 0 Å². The Bertz CT molecular complexity index is 368. The molecule has 5 heteroatoms. The summed E-state index contributed by atoms with van der Waals surface area (Å²) in [5, 5.41) is 3.33. The van der Waals surface area contributed by atoms with Crippen molar-refractivity contribution in [2.45, 2.75) is 63.1 Å². The zero-order chi connectivity index (χ0) is 14.9. The number of nitrogens with one attached hydrogen (secondary N) is 1. The predicted octanol–water partition coefficient (Wildman–Crippen LogP) is 0.873. The van der Waals surface area contributed by atoms with Crippen LogP contribution in [0.3, 0.4) is 0 Å². The minimum Gasteiger partial charge on any atom is -0.381 e. The first-order chi connectivity index (χ1) is 10.1. The average Bonchev–Trinajstić information content (AvgIpc) is 2.49. The van der Waals surface area contributed by atoms with Crippen LogP contribution in [0.1, 0.15) is 44.9 Å². The summed E-state index contributed by atoms with van der Waals surface area (Å²) in [4.78, 5) is 15.3. The van der Waals surface area contributed by atoms with Crippen LogP contribution in [-0.2, 0) is 9.53 Å². The quantitative estimate of drug-likeness (QED) is 0.811. The first kappa shape index (κ1) is 15.3. The molecule has 0 saturated carbocycles. The molecule has 3 rings (SSSR count). The van der Waals surface area contributed by atoms with Crippen molar-refractivity contribution in [2.24, 2.45) is 11.1 Å². The number of nitrogens with zero attached hydrogens (tertiary/aromatic N) is 1. The number of fused-ring (bicyclic) bond motifs is 2. The highest BCUT2D eigenvalue weighted by molar-refractivity contribution is 5.83. The highest BCUT2D eigenvalue weighted by Crippen LogP contribution is 2.34. The second kappa shape index (κ2) is 6.23. The minimum absolute atomic E-state index is 0.168. The SMILES string of the molecule is CN1C2CCCC1CC(NC(=O)C1(CN)CCOCC1)C2. The molecule has 3 fully saturated rings. The number of carbonyl (C=O) groups is 1. The molecule has 0 aromatic carbocycles. The lowest BCUT2D eigenvalue weighted by Gasteiger charge is -2.48. The summed E-state index contributed by atoms with van der Waals surface area (Å²) in [6.45, 7) is 1.74. The summed E-state index contributed by atoms with van der Waals surface area (Å²) in [5.41, 5.74) is 5.54. The molecule has 0 spiro atoms. The molecule has 3 heterocycles. The van der Waals surface area contributed by atoms with Crippen LogP contribution in [0.15, 0.2) is 0 Å². The van der Waals surface area contributed by atoms with Crippen molar-refractivity contribution in [1.82, 2.24) is 10.2 Å². The Balaban J connectivity index is 1.62. The zero-order valence-corrected chi connectivity index (χ0v) is 13.1. The molecule has 0 radical (unpaired) electrons. The largest absolute Gasteiger partial charge is 0.381 e. The molecular formula is C16H29N3O2. The molecule has 3 aliphatic heterocycles. The van der Waals surface area contributed by atoms with Crippen LogP contribution in [0.4, 0.5) is 0 Å². The molecule has 0 aromatic heterocycles. The summed E-state index contributed by atoms with van der Waals surface area (Å²) in [5.74, 6) is 0.168. The van der Waals surface area contributed by atoms with Gasteiger partial charge in [0.2, 0.25) is 5.91 Å². The van der Waals surface area contributed by atoms with Gasteiger partial charge in [0.25, 0.3) is 0 Å². The molecular weight excluding hydrogens is 266 g/mol. The second-order valence-electron chi connectivity index (χ2n) is 7.14. The Morgan fingerprint density at radius 2 is 1.90 bits per heavy atom. The van der Waals surface area contributed by atoms with Crippen LogP contribution in [0, 0.1) is 5.41 Å². The molecule has 21 heavy (non-hydrogen) atoms. The molecule has 120 valence electrons. The average molecular weight is 295 g/mol. The number of ether oxygens (including phenoxy) is 1. The van der Waals surface area contributed by atoms with E-state index in [1.807, 2.05) is 0 Å². The fraction of sp³-hybridized carbons (Fsp3) is 0.938. The van der Waals surface area contributed by atoms with Crippen LogP contribution in [0.25, 0.3) is 0 Å². The highest BCUT2D eigenvalue weighted by Gasteiger charge is 2.42. The first-order valence-electron chi connectivity index (χ1n) is 8.45. The van der Waals surface area contributed by atoms with Crippen molar-refractivity contribution in [2.75, 3.05) is 26.8 Å². The van der Waals surface area contributed by atoms with E-state index in [0.717, 1.165) is 25.7 Å². The molecule has 0 aliphatic carbocycles. The van der Waals surface area contributed by atoms with Gasteiger partial charge in [-0.15, -0.1) is 0 Å². The number of rotatable bonds is 3. The number of amides is 1. The van der Waals surface area contributed by atoms with Gasteiger partial charge in [-0.05, 0) is 45.6 Å². The smallest absolute Gasteiger partial charge is 0.227 e. The molecule has 2 unspecified atom stereocenters. The van der Waals surface area contributed by atoms with E-state index >= 15 is 0 Å². The molecule has 2 bridgehead atoms. The maximum Gasteiger partial charge on any atom is 0.227 e. The first-order valence-corrected chi connectivity index (χ1v) is 8.45. The lowest BCUT2D eigenvalue weighted by molar-refractivity contribution is -0.137. The van der Waals surface area contributed by atoms with Crippen LogP contribution < -0.4 is 11.1 Å². The monoisotopic (exact) mass is 295 g/mol. The molecule has 3 aliphatic rings. The normalized spacial score (nSPS) is 36.2. The third-order valence-corrected chi connectivity index (χ3v) is 6.00. The third-order valence-electron chi connectivity index (χ3n) is 6.00. The van der Waals surface area contributed by atoms with Gasteiger partial charge in [0.15, 0.2) is 0 Å². The van der Waals surface area contributed by atoms with Gasteiger partial charge in [0.05, 0.1) is 5.41 Å². The number of carbonyl (C=O) groups excluding carboxylic acids is 1. The van der Waals surface area contributed by atoms with Crippen LogP contribution in [-0.4, -0.2) is 55.7 Å². The number of hydrogen-bond donors (Lipinski definition) is 2. The van der Waals surface area contributed by atoms with Gasteiger partial charge in [-0.3, -0.25) is 4.79 Å².